The Kier molecular flexibility index (Phi) is 7.66. The summed E-state index contributed by atoms with van der Waals surface area (Å²) < 4.78 is 32.2. The molecule has 0 saturated heterocycles. The first-order chi connectivity index (χ1) is 13.5. The van der Waals surface area contributed by atoms with Crippen molar-refractivity contribution in [3.05, 3.63) is 47.5 Å². The minimum atomic E-state index is -0.808. The fraction of sp³-hybridized carbons (Fsp3) is 0.381. The molecule has 0 bridgehead atoms. The minimum Gasteiger partial charge on any atom is -0.497 e. The number of rotatable bonds is 10. The highest BCUT2D eigenvalue weighted by Crippen LogP contribution is 2.39. The Morgan fingerprint density at radius 1 is 0.714 bits per heavy atom. The molecule has 0 spiro atoms. The van der Waals surface area contributed by atoms with Crippen LogP contribution in [0.3, 0.4) is 0 Å². The largest absolute Gasteiger partial charge is 0.497 e. The molecule has 0 fully saturated rings. The van der Waals surface area contributed by atoms with E-state index in [1.54, 1.807) is 43.5 Å². The number of ether oxygens (including phenoxy) is 6. The van der Waals surface area contributed by atoms with Gasteiger partial charge in [-0.1, -0.05) is 12.1 Å². The number of carbonyl (C=O) groups excluding carboxylic acids is 1. The van der Waals surface area contributed by atoms with Gasteiger partial charge in [0.25, 0.3) is 0 Å². The van der Waals surface area contributed by atoms with Crippen molar-refractivity contribution < 1.29 is 33.2 Å². The maximum absolute atomic E-state index is 13.6. The Morgan fingerprint density at radius 2 is 1.21 bits per heavy atom. The number of hydrogen-bond acceptors (Lipinski definition) is 7. The van der Waals surface area contributed by atoms with E-state index in [4.69, 9.17) is 28.4 Å². The van der Waals surface area contributed by atoms with Crippen molar-refractivity contribution in [1.82, 2.24) is 0 Å². The molecule has 0 aliphatic heterocycles. The van der Waals surface area contributed by atoms with Gasteiger partial charge in [-0.05, 0) is 17.7 Å². The fourth-order valence-electron chi connectivity index (χ4n) is 3.02. The lowest BCUT2D eigenvalue weighted by molar-refractivity contribution is -0.110. The predicted molar refractivity (Wildman–Crippen MR) is 104 cm³/mol. The van der Waals surface area contributed by atoms with Crippen molar-refractivity contribution in [3.63, 3.8) is 0 Å². The van der Waals surface area contributed by atoms with Gasteiger partial charge in [-0.2, -0.15) is 0 Å². The van der Waals surface area contributed by atoms with E-state index in [-0.39, 0.29) is 11.3 Å². The van der Waals surface area contributed by atoms with Crippen LogP contribution in [0.1, 0.15) is 21.8 Å². The Balaban J connectivity index is 2.61. The average Bonchev–Trinajstić information content (AvgIpc) is 2.75. The molecule has 0 saturated carbocycles. The minimum absolute atomic E-state index is 0.268. The average molecular weight is 390 g/mol. The molecule has 7 heteroatoms. The van der Waals surface area contributed by atoms with Crippen LogP contribution in [0, 0.1) is 0 Å². The molecule has 0 aliphatic carbocycles. The van der Waals surface area contributed by atoms with Crippen molar-refractivity contribution in [2.75, 3.05) is 42.7 Å². The van der Waals surface area contributed by atoms with Gasteiger partial charge in [0, 0.05) is 26.4 Å². The number of benzene rings is 2. The molecule has 152 valence electrons. The Hall–Kier alpha value is -2.77. The second-order valence-electron chi connectivity index (χ2n) is 5.86. The highest BCUT2D eigenvalue weighted by atomic mass is 16.7. The third kappa shape index (κ3) is 4.37. The van der Waals surface area contributed by atoms with Gasteiger partial charge in [0.15, 0.2) is 12.1 Å². The Bertz CT molecular complexity index is 757. The molecule has 0 N–H and O–H groups in total. The first-order valence-electron chi connectivity index (χ1n) is 8.58. The monoisotopic (exact) mass is 390 g/mol. The van der Waals surface area contributed by atoms with Gasteiger partial charge in [-0.15, -0.1) is 0 Å². The van der Waals surface area contributed by atoms with E-state index < -0.39 is 12.2 Å². The van der Waals surface area contributed by atoms with Crippen molar-refractivity contribution in [3.8, 4) is 23.0 Å². The maximum Gasteiger partial charge on any atom is 0.182 e. The smallest absolute Gasteiger partial charge is 0.182 e. The number of hydrogen-bond donors (Lipinski definition) is 0. The molecule has 0 amide bonds. The lowest BCUT2D eigenvalue weighted by Gasteiger charge is -2.26. The molecular formula is C21H26O7. The van der Waals surface area contributed by atoms with Crippen molar-refractivity contribution >= 4 is 5.78 Å². The summed E-state index contributed by atoms with van der Waals surface area (Å²) in [6.45, 7) is 0. The zero-order valence-electron chi connectivity index (χ0n) is 17.0. The Morgan fingerprint density at radius 3 is 1.61 bits per heavy atom. The van der Waals surface area contributed by atoms with Crippen LogP contribution < -0.4 is 18.9 Å². The van der Waals surface area contributed by atoms with E-state index in [0.29, 0.717) is 28.6 Å². The normalized spacial score (nSPS) is 11.8. The van der Waals surface area contributed by atoms with E-state index in [1.807, 2.05) is 0 Å². The number of Topliss-reactive ketones (excluding diaryl/α,β-unsaturated/α-hetero) is 1. The van der Waals surface area contributed by atoms with Crippen molar-refractivity contribution in [2.45, 2.75) is 12.2 Å². The zero-order chi connectivity index (χ0) is 20.7. The van der Waals surface area contributed by atoms with Gasteiger partial charge in [0.1, 0.15) is 28.6 Å². The molecule has 28 heavy (non-hydrogen) atoms. The summed E-state index contributed by atoms with van der Waals surface area (Å²) in [5, 5.41) is 0. The van der Waals surface area contributed by atoms with Crippen LogP contribution in [0.25, 0.3) is 0 Å². The van der Waals surface area contributed by atoms with Crippen LogP contribution >= 0.6 is 0 Å². The Labute approximate surface area is 165 Å². The second-order valence-corrected chi connectivity index (χ2v) is 5.86. The third-order valence-electron chi connectivity index (χ3n) is 4.46. The lowest BCUT2D eigenvalue weighted by atomic mass is 9.88. The predicted octanol–water partition coefficient (Wildman–Crippen LogP) is 3.31. The third-order valence-corrected chi connectivity index (χ3v) is 4.46. The number of ketones is 1. The lowest BCUT2D eigenvalue weighted by Crippen LogP contribution is -2.30. The van der Waals surface area contributed by atoms with Crippen molar-refractivity contribution in [1.29, 1.82) is 0 Å². The zero-order valence-corrected chi connectivity index (χ0v) is 17.0. The van der Waals surface area contributed by atoms with Crippen LogP contribution in [0.4, 0.5) is 0 Å². The molecule has 2 rings (SSSR count). The van der Waals surface area contributed by atoms with Gasteiger partial charge >= 0.3 is 0 Å². The molecule has 0 radical (unpaired) electrons. The van der Waals surface area contributed by atoms with Gasteiger partial charge in [0.05, 0.1) is 34.4 Å². The van der Waals surface area contributed by atoms with E-state index in [0.717, 1.165) is 0 Å². The van der Waals surface area contributed by atoms with E-state index in [1.165, 1.54) is 35.5 Å². The molecule has 0 aromatic heterocycles. The molecule has 2 aromatic rings. The van der Waals surface area contributed by atoms with E-state index >= 15 is 0 Å². The van der Waals surface area contributed by atoms with E-state index in [9.17, 15) is 4.79 Å². The summed E-state index contributed by atoms with van der Waals surface area (Å²) in [5.74, 6) is 0.853. The van der Waals surface area contributed by atoms with Crippen LogP contribution in [0.5, 0.6) is 23.0 Å². The second kappa shape index (κ2) is 9.96. The molecule has 1 atom stereocenters. The molecule has 1 unspecified atom stereocenters. The summed E-state index contributed by atoms with van der Waals surface area (Å²) in [6, 6.07) is 10.4. The van der Waals surface area contributed by atoms with Gasteiger partial charge in [-0.3, -0.25) is 4.79 Å². The first kappa shape index (κ1) is 21.5. The van der Waals surface area contributed by atoms with Crippen LogP contribution in [0.15, 0.2) is 36.4 Å². The van der Waals surface area contributed by atoms with Crippen molar-refractivity contribution in [2.24, 2.45) is 0 Å². The summed E-state index contributed by atoms with van der Waals surface area (Å²) in [5.41, 5.74) is 0.991. The molecular weight excluding hydrogens is 364 g/mol. The highest BCUT2D eigenvalue weighted by molar-refractivity contribution is 6.06. The standard InChI is InChI=1S/C21H26O7/c1-23-14-9-7-13(8-10-14)18(21(27-5)28-6)20(22)19-16(25-3)11-15(24-2)12-17(19)26-4/h7-12,18,21H,1-6H3. The molecule has 2 aromatic carbocycles. The summed E-state index contributed by atoms with van der Waals surface area (Å²) in [7, 11) is 9.05. The summed E-state index contributed by atoms with van der Waals surface area (Å²) in [6.07, 6.45) is -0.808. The van der Waals surface area contributed by atoms with Gasteiger partial charge in [0.2, 0.25) is 0 Å². The van der Waals surface area contributed by atoms with Crippen LogP contribution in [-0.4, -0.2) is 54.7 Å². The van der Waals surface area contributed by atoms with Gasteiger partial charge < -0.3 is 28.4 Å². The van der Waals surface area contributed by atoms with E-state index in [2.05, 4.69) is 0 Å². The number of methoxy groups -OCH3 is 6. The molecule has 0 heterocycles. The molecule has 0 aliphatic rings. The maximum atomic E-state index is 13.6. The first-order valence-corrected chi connectivity index (χ1v) is 8.58. The van der Waals surface area contributed by atoms with Crippen LogP contribution in [0.2, 0.25) is 0 Å². The SMILES string of the molecule is COc1ccc(C(C(=O)c2c(OC)cc(OC)cc2OC)C(OC)OC)cc1. The van der Waals surface area contributed by atoms with Crippen LogP contribution in [-0.2, 0) is 9.47 Å². The quantitative estimate of drug-likeness (QED) is 0.455. The summed E-state index contributed by atoms with van der Waals surface area (Å²) >= 11 is 0. The van der Waals surface area contributed by atoms with Gasteiger partial charge in [-0.25, -0.2) is 0 Å². The topological polar surface area (TPSA) is 72.5 Å². The summed E-state index contributed by atoms with van der Waals surface area (Å²) in [4.78, 5) is 13.6. The molecule has 7 nitrogen and oxygen atoms in total. The fourth-order valence-corrected chi connectivity index (χ4v) is 3.02. The number of carbonyl (C=O) groups is 1. The highest BCUT2D eigenvalue weighted by Gasteiger charge is 2.35.